The highest BCUT2D eigenvalue weighted by molar-refractivity contribution is 6.90. The van der Waals surface area contributed by atoms with E-state index < -0.39 is 14.0 Å². The number of hydrogen-bond acceptors (Lipinski definition) is 4. The van der Waals surface area contributed by atoms with Gasteiger partial charge in [-0.2, -0.15) is 0 Å². The zero-order chi connectivity index (χ0) is 24.8. The minimum atomic E-state index is -1.99. The second-order valence-electron chi connectivity index (χ2n) is 9.68. The summed E-state index contributed by atoms with van der Waals surface area (Å²) in [7, 11) is -1.99. The standard InChI is InChI=1S/C30H32O4Si/c1-4-18-33-30(32)22(21-35(2,3)23-12-6-5-7-13-23)19-29(31)34-20-28-26-16-10-8-14-24(26)25-15-9-11-17-27(25)28/h4-17,22,28H,1,18-21H2,2-3H3/t22-/m0/s1. The molecule has 3 aromatic rings. The third-order valence-corrected chi connectivity index (χ3v) is 10.2. The molecule has 0 saturated carbocycles. The van der Waals surface area contributed by atoms with Gasteiger partial charge >= 0.3 is 11.9 Å². The monoisotopic (exact) mass is 484 g/mol. The molecule has 0 amide bonds. The van der Waals surface area contributed by atoms with Crippen LogP contribution in [0.3, 0.4) is 0 Å². The van der Waals surface area contributed by atoms with Gasteiger partial charge in [-0.15, -0.1) is 0 Å². The quantitative estimate of drug-likeness (QED) is 0.211. The summed E-state index contributed by atoms with van der Waals surface area (Å²) in [6, 6.07) is 27.3. The molecule has 0 saturated heterocycles. The van der Waals surface area contributed by atoms with E-state index >= 15 is 0 Å². The van der Waals surface area contributed by atoms with Crippen LogP contribution < -0.4 is 5.19 Å². The van der Waals surface area contributed by atoms with Gasteiger partial charge < -0.3 is 9.47 Å². The Kier molecular flexibility index (Phi) is 7.66. The Labute approximate surface area is 208 Å². The van der Waals surface area contributed by atoms with Crippen molar-refractivity contribution in [2.45, 2.75) is 31.5 Å². The van der Waals surface area contributed by atoms with E-state index in [-0.39, 0.29) is 37.5 Å². The van der Waals surface area contributed by atoms with E-state index in [0.717, 1.165) is 0 Å². The fourth-order valence-electron chi connectivity index (χ4n) is 5.00. The fraction of sp³-hybridized carbons (Fsp3) is 0.267. The number of benzene rings is 3. The summed E-state index contributed by atoms with van der Waals surface area (Å²) in [6.07, 6.45) is 1.55. The maximum atomic E-state index is 13.0. The van der Waals surface area contributed by atoms with E-state index in [1.165, 1.54) is 27.4 Å². The summed E-state index contributed by atoms with van der Waals surface area (Å²) in [5.41, 5.74) is 4.71. The summed E-state index contributed by atoms with van der Waals surface area (Å²) >= 11 is 0. The van der Waals surface area contributed by atoms with Gasteiger partial charge in [-0.25, -0.2) is 0 Å². The van der Waals surface area contributed by atoms with Crippen LogP contribution in [0, 0.1) is 5.92 Å². The van der Waals surface area contributed by atoms with Gasteiger partial charge in [0.2, 0.25) is 0 Å². The number of hydrogen-bond donors (Lipinski definition) is 0. The van der Waals surface area contributed by atoms with Crippen LogP contribution in [-0.2, 0) is 19.1 Å². The van der Waals surface area contributed by atoms with Crippen LogP contribution in [0.1, 0.15) is 23.5 Å². The third-order valence-electron chi connectivity index (χ3n) is 6.78. The van der Waals surface area contributed by atoms with Crippen molar-refractivity contribution in [3.05, 3.63) is 103 Å². The van der Waals surface area contributed by atoms with Gasteiger partial charge in [-0.1, -0.05) is 110 Å². The van der Waals surface area contributed by atoms with Crippen LogP contribution in [0.15, 0.2) is 91.5 Å². The van der Waals surface area contributed by atoms with Crippen molar-refractivity contribution in [2.24, 2.45) is 5.92 Å². The highest BCUT2D eigenvalue weighted by Gasteiger charge is 2.35. The van der Waals surface area contributed by atoms with Crippen LogP contribution in [0.25, 0.3) is 11.1 Å². The molecular formula is C30H32O4Si. The van der Waals surface area contributed by atoms with Gasteiger partial charge in [-0.05, 0) is 28.3 Å². The summed E-state index contributed by atoms with van der Waals surface area (Å²) in [5, 5.41) is 1.24. The third kappa shape index (κ3) is 5.63. The van der Waals surface area contributed by atoms with Gasteiger partial charge in [0, 0.05) is 5.92 Å². The first-order chi connectivity index (χ1) is 16.9. The lowest BCUT2D eigenvalue weighted by Gasteiger charge is -2.27. The van der Waals surface area contributed by atoms with Crippen molar-refractivity contribution in [1.29, 1.82) is 0 Å². The van der Waals surface area contributed by atoms with Crippen LogP contribution in [0.4, 0.5) is 0 Å². The maximum Gasteiger partial charge on any atom is 0.309 e. The molecule has 0 radical (unpaired) electrons. The highest BCUT2D eigenvalue weighted by atomic mass is 28.3. The predicted molar refractivity (Wildman–Crippen MR) is 142 cm³/mol. The van der Waals surface area contributed by atoms with Gasteiger partial charge in [-0.3, -0.25) is 9.59 Å². The van der Waals surface area contributed by atoms with Crippen molar-refractivity contribution in [1.82, 2.24) is 0 Å². The highest BCUT2D eigenvalue weighted by Crippen LogP contribution is 2.44. The molecule has 0 aliphatic heterocycles. The van der Waals surface area contributed by atoms with Gasteiger partial charge in [0.25, 0.3) is 0 Å². The lowest BCUT2D eigenvalue weighted by molar-refractivity contribution is -0.154. The molecule has 3 aromatic carbocycles. The molecule has 0 fully saturated rings. The first kappa shape index (κ1) is 24.7. The second-order valence-corrected chi connectivity index (χ2v) is 14.4. The van der Waals surface area contributed by atoms with Gasteiger partial charge in [0.1, 0.15) is 13.2 Å². The number of rotatable bonds is 10. The molecule has 0 N–H and O–H groups in total. The molecule has 1 atom stereocenters. The SMILES string of the molecule is C=CCOC(=O)[C@@H](CC(=O)OCC1c2ccccc2-c2ccccc21)C[Si](C)(C)c1ccccc1. The molecule has 0 spiro atoms. The largest absolute Gasteiger partial charge is 0.465 e. The lowest BCUT2D eigenvalue weighted by atomic mass is 9.98. The van der Waals surface area contributed by atoms with Crippen LogP contribution in [0.2, 0.25) is 19.1 Å². The first-order valence-corrected chi connectivity index (χ1v) is 15.3. The summed E-state index contributed by atoms with van der Waals surface area (Å²) in [6.45, 7) is 8.44. The molecule has 1 aliphatic rings. The van der Waals surface area contributed by atoms with E-state index in [0.29, 0.717) is 6.04 Å². The molecule has 0 heterocycles. The molecule has 4 nitrogen and oxygen atoms in total. The summed E-state index contributed by atoms with van der Waals surface area (Å²) in [4.78, 5) is 25.9. The zero-order valence-corrected chi connectivity index (χ0v) is 21.4. The van der Waals surface area contributed by atoms with Crippen LogP contribution in [-0.4, -0.2) is 33.2 Å². The predicted octanol–water partition coefficient (Wildman–Crippen LogP) is 5.69. The van der Waals surface area contributed by atoms with Crippen molar-refractivity contribution in [2.75, 3.05) is 13.2 Å². The van der Waals surface area contributed by atoms with Gasteiger partial charge in [0.05, 0.1) is 20.4 Å². The molecule has 4 rings (SSSR count). The topological polar surface area (TPSA) is 52.6 Å². The van der Waals surface area contributed by atoms with Crippen molar-refractivity contribution in [3.8, 4) is 11.1 Å². The minimum Gasteiger partial charge on any atom is -0.465 e. The van der Waals surface area contributed by atoms with Crippen LogP contribution in [0.5, 0.6) is 0 Å². The van der Waals surface area contributed by atoms with Crippen molar-refractivity contribution in [3.63, 3.8) is 0 Å². The molecule has 5 heteroatoms. The summed E-state index contributed by atoms with van der Waals surface area (Å²) < 4.78 is 11.2. The van der Waals surface area contributed by atoms with Crippen molar-refractivity contribution >= 4 is 25.2 Å². The zero-order valence-electron chi connectivity index (χ0n) is 20.4. The maximum absolute atomic E-state index is 13.0. The first-order valence-electron chi connectivity index (χ1n) is 12.1. The Morgan fingerprint density at radius 2 is 1.46 bits per heavy atom. The van der Waals surface area contributed by atoms with E-state index in [1.807, 2.05) is 42.5 Å². The fourth-order valence-corrected chi connectivity index (χ4v) is 7.87. The van der Waals surface area contributed by atoms with Gasteiger partial charge in [0.15, 0.2) is 0 Å². The smallest absolute Gasteiger partial charge is 0.309 e. The normalized spacial score (nSPS) is 13.4. The van der Waals surface area contributed by atoms with E-state index in [4.69, 9.17) is 9.47 Å². The lowest BCUT2D eigenvalue weighted by Crippen LogP contribution is -2.44. The molecule has 0 unspecified atom stereocenters. The van der Waals surface area contributed by atoms with E-state index in [1.54, 1.807) is 6.08 Å². The Bertz CT molecular complexity index is 1160. The Hall–Kier alpha value is -3.44. The number of ether oxygens (including phenoxy) is 2. The van der Waals surface area contributed by atoms with E-state index in [2.05, 4.69) is 56.1 Å². The van der Waals surface area contributed by atoms with Crippen LogP contribution >= 0.6 is 0 Å². The number of carbonyl (C=O) groups excluding carboxylic acids is 2. The number of fused-ring (bicyclic) bond motifs is 3. The molecule has 180 valence electrons. The molecule has 0 bridgehead atoms. The second kappa shape index (κ2) is 10.9. The number of carbonyl (C=O) groups is 2. The average molecular weight is 485 g/mol. The minimum absolute atomic E-state index is 0.00680. The van der Waals surface area contributed by atoms with E-state index in [9.17, 15) is 9.59 Å². The number of esters is 2. The van der Waals surface area contributed by atoms with Crippen molar-refractivity contribution < 1.29 is 19.1 Å². The Morgan fingerprint density at radius 3 is 2.06 bits per heavy atom. The Balaban J connectivity index is 1.46. The summed E-state index contributed by atoms with van der Waals surface area (Å²) in [5.74, 6) is -1.29. The molecule has 0 aromatic heterocycles. The average Bonchev–Trinajstić information content (AvgIpc) is 3.19. The Morgan fingerprint density at radius 1 is 0.886 bits per heavy atom. The molecular weight excluding hydrogens is 452 g/mol. The molecule has 35 heavy (non-hydrogen) atoms. The molecule has 1 aliphatic carbocycles.